The maximum atomic E-state index is 5.73. The van der Waals surface area contributed by atoms with E-state index in [0.717, 1.165) is 17.2 Å². The van der Waals surface area contributed by atoms with Crippen molar-refractivity contribution in [1.82, 2.24) is 0 Å². The van der Waals surface area contributed by atoms with Crippen LogP contribution in [0.2, 0.25) is 5.02 Å². The van der Waals surface area contributed by atoms with E-state index >= 15 is 0 Å². The number of hydrogen-bond acceptors (Lipinski definition) is 1. The SMILES string of the molecule is CCC(C)Oc1ccc(Cl)cc1. The molecule has 0 amide bonds. The monoisotopic (exact) mass is 184 g/mol. The lowest BCUT2D eigenvalue weighted by molar-refractivity contribution is 0.217. The Labute approximate surface area is 78.3 Å². The van der Waals surface area contributed by atoms with E-state index < -0.39 is 0 Å². The summed E-state index contributed by atoms with van der Waals surface area (Å²) < 4.78 is 5.56. The van der Waals surface area contributed by atoms with E-state index in [-0.39, 0.29) is 6.10 Å². The Kier molecular flexibility index (Phi) is 3.42. The first-order valence-electron chi connectivity index (χ1n) is 4.14. The van der Waals surface area contributed by atoms with Gasteiger partial charge in [0.05, 0.1) is 6.10 Å². The second-order valence-corrected chi connectivity index (χ2v) is 3.23. The lowest BCUT2D eigenvalue weighted by Gasteiger charge is -2.11. The van der Waals surface area contributed by atoms with Gasteiger partial charge in [-0.1, -0.05) is 18.5 Å². The van der Waals surface area contributed by atoms with Crippen LogP contribution in [0.4, 0.5) is 0 Å². The lowest BCUT2D eigenvalue weighted by atomic mass is 10.3. The largest absolute Gasteiger partial charge is 0.491 e. The summed E-state index contributed by atoms with van der Waals surface area (Å²) in [5, 5.41) is 0.742. The molecule has 0 fully saturated rings. The van der Waals surface area contributed by atoms with Crippen LogP contribution in [0.25, 0.3) is 0 Å². The zero-order valence-electron chi connectivity index (χ0n) is 7.38. The fraction of sp³-hybridized carbons (Fsp3) is 0.400. The first-order valence-corrected chi connectivity index (χ1v) is 4.52. The van der Waals surface area contributed by atoms with Gasteiger partial charge in [-0.15, -0.1) is 0 Å². The van der Waals surface area contributed by atoms with Crippen LogP contribution in [0, 0.1) is 0 Å². The van der Waals surface area contributed by atoms with E-state index in [1.165, 1.54) is 0 Å². The molecule has 1 unspecified atom stereocenters. The van der Waals surface area contributed by atoms with Crippen LogP contribution in [0.3, 0.4) is 0 Å². The fourth-order valence-electron chi connectivity index (χ4n) is 0.829. The number of ether oxygens (including phenoxy) is 1. The van der Waals surface area contributed by atoms with E-state index in [0.29, 0.717) is 0 Å². The van der Waals surface area contributed by atoms with Crippen LogP contribution >= 0.6 is 11.6 Å². The summed E-state index contributed by atoms with van der Waals surface area (Å²) >= 11 is 5.73. The summed E-state index contributed by atoms with van der Waals surface area (Å²) in [6, 6.07) is 7.43. The number of benzene rings is 1. The van der Waals surface area contributed by atoms with Crippen molar-refractivity contribution in [2.75, 3.05) is 0 Å². The molecule has 66 valence electrons. The van der Waals surface area contributed by atoms with Gasteiger partial charge in [-0.2, -0.15) is 0 Å². The van der Waals surface area contributed by atoms with E-state index in [1.54, 1.807) is 0 Å². The zero-order chi connectivity index (χ0) is 8.97. The lowest BCUT2D eigenvalue weighted by Crippen LogP contribution is -2.09. The van der Waals surface area contributed by atoms with Gasteiger partial charge >= 0.3 is 0 Å². The molecular formula is C10H13ClO. The first-order chi connectivity index (χ1) is 5.72. The van der Waals surface area contributed by atoms with Crippen LogP contribution in [0.5, 0.6) is 5.75 Å². The van der Waals surface area contributed by atoms with Gasteiger partial charge in [0.15, 0.2) is 0 Å². The molecule has 0 N–H and O–H groups in total. The standard InChI is InChI=1S/C10H13ClO/c1-3-8(2)12-10-6-4-9(11)5-7-10/h4-8H,3H2,1-2H3. The summed E-state index contributed by atoms with van der Waals surface area (Å²) in [6.07, 6.45) is 1.29. The van der Waals surface area contributed by atoms with Gasteiger partial charge < -0.3 is 4.74 Å². The molecule has 2 heteroatoms. The predicted molar refractivity (Wildman–Crippen MR) is 51.8 cm³/mol. The Morgan fingerprint density at radius 3 is 2.42 bits per heavy atom. The smallest absolute Gasteiger partial charge is 0.119 e. The molecule has 0 heterocycles. The van der Waals surface area contributed by atoms with E-state index in [2.05, 4.69) is 13.8 Å². The minimum Gasteiger partial charge on any atom is -0.491 e. The van der Waals surface area contributed by atoms with Gasteiger partial charge in [0.2, 0.25) is 0 Å². The van der Waals surface area contributed by atoms with Crippen molar-refractivity contribution in [3.8, 4) is 5.75 Å². The minimum absolute atomic E-state index is 0.270. The molecule has 0 aliphatic heterocycles. The maximum absolute atomic E-state index is 5.73. The van der Waals surface area contributed by atoms with Gasteiger partial charge in [0.25, 0.3) is 0 Å². The van der Waals surface area contributed by atoms with Crippen LogP contribution < -0.4 is 4.74 Å². The number of hydrogen-bond donors (Lipinski definition) is 0. The Balaban J connectivity index is 2.58. The molecule has 0 bridgehead atoms. The quantitative estimate of drug-likeness (QED) is 0.699. The van der Waals surface area contributed by atoms with Crippen molar-refractivity contribution < 1.29 is 4.74 Å². The molecular weight excluding hydrogens is 172 g/mol. The van der Waals surface area contributed by atoms with Gasteiger partial charge in [-0.05, 0) is 37.6 Å². The van der Waals surface area contributed by atoms with Crippen molar-refractivity contribution >= 4 is 11.6 Å². The molecule has 0 saturated carbocycles. The molecule has 1 atom stereocenters. The second kappa shape index (κ2) is 4.36. The topological polar surface area (TPSA) is 9.23 Å². The van der Waals surface area contributed by atoms with Crippen molar-refractivity contribution in [3.05, 3.63) is 29.3 Å². The highest BCUT2D eigenvalue weighted by Gasteiger charge is 1.99. The molecule has 1 nitrogen and oxygen atoms in total. The third-order valence-corrected chi connectivity index (χ3v) is 1.98. The van der Waals surface area contributed by atoms with Crippen LogP contribution in [-0.2, 0) is 0 Å². The van der Waals surface area contributed by atoms with E-state index in [1.807, 2.05) is 24.3 Å². The normalized spacial score (nSPS) is 12.6. The zero-order valence-corrected chi connectivity index (χ0v) is 8.14. The number of halogens is 1. The van der Waals surface area contributed by atoms with Gasteiger partial charge in [-0.3, -0.25) is 0 Å². The molecule has 0 aliphatic carbocycles. The summed E-state index contributed by atoms with van der Waals surface area (Å²) in [6.45, 7) is 4.15. The molecule has 0 saturated heterocycles. The average Bonchev–Trinajstić information content (AvgIpc) is 2.09. The Morgan fingerprint density at radius 2 is 1.92 bits per heavy atom. The predicted octanol–water partition coefficient (Wildman–Crippen LogP) is 3.52. The highest BCUT2D eigenvalue weighted by atomic mass is 35.5. The summed E-state index contributed by atoms with van der Waals surface area (Å²) in [4.78, 5) is 0. The first kappa shape index (κ1) is 9.40. The summed E-state index contributed by atoms with van der Waals surface area (Å²) in [5.74, 6) is 0.883. The van der Waals surface area contributed by atoms with Crippen molar-refractivity contribution in [3.63, 3.8) is 0 Å². The van der Waals surface area contributed by atoms with Crippen LogP contribution in [0.15, 0.2) is 24.3 Å². The van der Waals surface area contributed by atoms with Crippen LogP contribution in [0.1, 0.15) is 20.3 Å². The highest BCUT2D eigenvalue weighted by molar-refractivity contribution is 6.30. The van der Waals surface area contributed by atoms with Gasteiger partial charge in [0, 0.05) is 5.02 Å². The van der Waals surface area contributed by atoms with Crippen LogP contribution in [-0.4, -0.2) is 6.10 Å². The Hall–Kier alpha value is -0.690. The van der Waals surface area contributed by atoms with Crippen molar-refractivity contribution in [2.45, 2.75) is 26.4 Å². The molecule has 1 rings (SSSR count). The van der Waals surface area contributed by atoms with Crippen molar-refractivity contribution in [2.24, 2.45) is 0 Å². The average molecular weight is 185 g/mol. The Bertz CT molecular complexity index is 230. The molecule has 1 aromatic carbocycles. The van der Waals surface area contributed by atoms with E-state index in [9.17, 15) is 0 Å². The molecule has 0 aliphatic rings. The third-order valence-electron chi connectivity index (χ3n) is 1.73. The van der Waals surface area contributed by atoms with Gasteiger partial charge in [0.1, 0.15) is 5.75 Å². The highest BCUT2D eigenvalue weighted by Crippen LogP contribution is 2.17. The summed E-state index contributed by atoms with van der Waals surface area (Å²) in [7, 11) is 0. The summed E-state index contributed by atoms with van der Waals surface area (Å²) in [5.41, 5.74) is 0. The molecule has 12 heavy (non-hydrogen) atoms. The fourth-order valence-corrected chi connectivity index (χ4v) is 0.955. The van der Waals surface area contributed by atoms with E-state index in [4.69, 9.17) is 16.3 Å². The minimum atomic E-state index is 0.270. The molecule has 0 radical (unpaired) electrons. The third kappa shape index (κ3) is 2.74. The van der Waals surface area contributed by atoms with Crippen molar-refractivity contribution in [1.29, 1.82) is 0 Å². The molecule has 0 spiro atoms. The number of rotatable bonds is 3. The Morgan fingerprint density at radius 1 is 1.33 bits per heavy atom. The molecule has 1 aromatic rings. The molecule has 0 aromatic heterocycles. The van der Waals surface area contributed by atoms with Gasteiger partial charge in [-0.25, -0.2) is 0 Å². The second-order valence-electron chi connectivity index (χ2n) is 2.79. The maximum Gasteiger partial charge on any atom is 0.119 e.